The summed E-state index contributed by atoms with van der Waals surface area (Å²) in [4.78, 5) is 23.8. The van der Waals surface area contributed by atoms with Gasteiger partial charge in [-0.2, -0.15) is 0 Å². The molecule has 5 nitrogen and oxygen atoms in total. The molecule has 3 rings (SSSR count). The molecule has 2 saturated carbocycles. The van der Waals surface area contributed by atoms with Crippen LogP contribution in [-0.2, 0) is 4.79 Å². The van der Waals surface area contributed by atoms with Gasteiger partial charge in [0.25, 0.3) is 0 Å². The average Bonchev–Trinajstić information content (AvgIpc) is 3.24. The van der Waals surface area contributed by atoms with Crippen LogP contribution < -0.4 is 16.0 Å². The van der Waals surface area contributed by atoms with Gasteiger partial charge in [-0.05, 0) is 56.2 Å². The molecule has 0 aromatic heterocycles. The highest BCUT2D eigenvalue weighted by atomic mass is 19.1. The molecule has 24 heavy (non-hydrogen) atoms. The Balaban J connectivity index is 1.54. The third-order valence-corrected chi connectivity index (χ3v) is 4.82. The minimum absolute atomic E-state index is 0.155. The lowest BCUT2D eigenvalue weighted by molar-refractivity contribution is -0.121. The number of benzene rings is 1. The number of nitrogens with one attached hydrogen (secondary N) is 3. The van der Waals surface area contributed by atoms with Gasteiger partial charge in [0.2, 0.25) is 5.91 Å². The largest absolute Gasteiger partial charge is 0.335 e. The summed E-state index contributed by atoms with van der Waals surface area (Å²) < 4.78 is 13.1. The van der Waals surface area contributed by atoms with Gasteiger partial charge in [-0.3, -0.25) is 10.1 Å². The summed E-state index contributed by atoms with van der Waals surface area (Å²) >= 11 is 0. The van der Waals surface area contributed by atoms with Crippen LogP contribution >= 0.6 is 0 Å². The Morgan fingerprint density at radius 2 is 1.83 bits per heavy atom. The van der Waals surface area contributed by atoms with Gasteiger partial charge in [0, 0.05) is 12.1 Å². The topological polar surface area (TPSA) is 70.2 Å². The van der Waals surface area contributed by atoms with E-state index in [-0.39, 0.29) is 29.7 Å². The molecule has 1 aromatic rings. The number of imide groups is 1. The van der Waals surface area contributed by atoms with E-state index in [1.807, 2.05) is 12.1 Å². The van der Waals surface area contributed by atoms with Gasteiger partial charge < -0.3 is 10.6 Å². The predicted molar refractivity (Wildman–Crippen MR) is 89.1 cm³/mol. The molecule has 0 saturated heterocycles. The monoisotopic (exact) mass is 333 g/mol. The van der Waals surface area contributed by atoms with Crippen molar-refractivity contribution >= 4 is 11.9 Å². The van der Waals surface area contributed by atoms with Gasteiger partial charge in [-0.25, -0.2) is 9.18 Å². The Morgan fingerprint density at radius 1 is 1.12 bits per heavy atom. The van der Waals surface area contributed by atoms with Crippen molar-refractivity contribution in [2.24, 2.45) is 0 Å². The minimum Gasteiger partial charge on any atom is -0.335 e. The highest BCUT2D eigenvalue weighted by molar-refractivity contribution is 5.97. The Labute approximate surface area is 141 Å². The second-order valence-electron chi connectivity index (χ2n) is 6.82. The lowest BCUT2D eigenvalue weighted by atomic mass is 9.93. The Hall–Kier alpha value is -1.95. The molecule has 0 unspecified atom stereocenters. The van der Waals surface area contributed by atoms with Gasteiger partial charge in [-0.15, -0.1) is 0 Å². The SMILES string of the molecule is C[C@H](N[C@H]1CCC[C@@H]1c1ccc(F)cc1)C(=O)NC(=O)NC1CC1. The van der Waals surface area contributed by atoms with Crippen LogP contribution in [0.1, 0.15) is 50.5 Å². The summed E-state index contributed by atoms with van der Waals surface area (Å²) in [5.74, 6) is -0.297. The molecule has 2 aliphatic rings. The summed E-state index contributed by atoms with van der Waals surface area (Å²) in [7, 11) is 0. The highest BCUT2D eigenvalue weighted by Gasteiger charge is 2.31. The lowest BCUT2D eigenvalue weighted by Gasteiger charge is -2.25. The molecule has 0 radical (unpaired) electrons. The number of hydrogen-bond acceptors (Lipinski definition) is 3. The Bertz CT molecular complexity index is 601. The molecule has 130 valence electrons. The molecule has 3 N–H and O–H groups in total. The zero-order chi connectivity index (χ0) is 17.1. The van der Waals surface area contributed by atoms with Crippen LogP contribution in [0.25, 0.3) is 0 Å². The van der Waals surface area contributed by atoms with E-state index in [2.05, 4.69) is 16.0 Å². The number of halogens is 1. The van der Waals surface area contributed by atoms with Crippen LogP contribution in [0.2, 0.25) is 0 Å². The third-order valence-electron chi connectivity index (χ3n) is 4.82. The van der Waals surface area contributed by atoms with Crippen molar-refractivity contribution in [1.29, 1.82) is 0 Å². The first-order valence-electron chi connectivity index (χ1n) is 8.66. The van der Waals surface area contributed by atoms with Gasteiger partial charge in [0.05, 0.1) is 6.04 Å². The summed E-state index contributed by atoms with van der Waals surface area (Å²) in [6.07, 6.45) is 5.01. The van der Waals surface area contributed by atoms with Gasteiger partial charge in [0.1, 0.15) is 5.82 Å². The van der Waals surface area contributed by atoms with E-state index >= 15 is 0 Å². The van der Waals surface area contributed by atoms with Crippen LogP contribution in [0, 0.1) is 5.82 Å². The van der Waals surface area contributed by atoms with Crippen LogP contribution in [0.4, 0.5) is 9.18 Å². The number of amides is 3. The molecule has 0 aliphatic heterocycles. The van der Waals surface area contributed by atoms with Crippen LogP contribution in [0.3, 0.4) is 0 Å². The molecular weight excluding hydrogens is 309 g/mol. The molecule has 2 aliphatic carbocycles. The van der Waals surface area contributed by atoms with E-state index in [9.17, 15) is 14.0 Å². The summed E-state index contributed by atoms with van der Waals surface area (Å²) in [5.41, 5.74) is 1.09. The highest BCUT2D eigenvalue weighted by Crippen LogP contribution is 2.34. The van der Waals surface area contributed by atoms with Gasteiger partial charge in [0.15, 0.2) is 0 Å². The number of carbonyl (C=O) groups excluding carboxylic acids is 2. The standard InChI is InChI=1S/C18H24FN3O2/c1-11(17(23)22-18(24)21-14-9-10-14)20-16-4-2-3-15(16)12-5-7-13(19)8-6-12/h5-8,11,14-16,20H,2-4,9-10H2,1H3,(H2,21,22,23,24)/t11-,15+,16-/m0/s1. The van der Waals surface area contributed by atoms with E-state index in [0.717, 1.165) is 37.7 Å². The Morgan fingerprint density at radius 3 is 2.50 bits per heavy atom. The molecule has 1 aromatic carbocycles. The fraction of sp³-hybridized carbons (Fsp3) is 0.556. The average molecular weight is 333 g/mol. The maximum absolute atomic E-state index is 13.1. The third kappa shape index (κ3) is 4.32. The maximum Gasteiger partial charge on any atom is 0.321 e. The first-order chi connectivity index (χ1) is 11.5. The van der Waals surface area contributed by atoms with Crippen molar-refractivity contribution in [3.05, 3.63) is 35.6 Å². The molecule has 2 fully saturated rings. The second-order valence-corrected chi connectivity index (χ2v) is 6.82. The van der Waals surface area contributed by atoms with Crippen molar-refractivity contribution in [1.82, 2.24) is 16.0 Å². The minimum atomic E-state index is -0.457. The smallest absolute Gasteiger partial charge is 0.321 e. The van der Waals surface area contributed by atoms with Crippen molar-refractivity contribution in [3.63, 3.8) is 0 Å². The molecule has 6 heteroatoms. The fourth-order valence-electron chi connectivity index (χ4n) is 3.33. The van der Waals surface area contributed by atoms with Gasteiger partial charge >= 0.3 is 6.03 Å². The van der Waals surface area contributed by atoms with E-state index in [0.29, 0.717) is 0 Å². The number of hydrogen-bond donors (Lipinski definition) is 3. The lowest BCUT2D eigenvalue weighted by Crippen LogP contribution is -2.51. The van der Waals surface area contributed by atoms with Gasteiger partial charge in [-0.1, -0.05) is 18.6 Å². The predicted octanol–water partition coefficient (Wildman–Crippen LogP) is 2.43. The molecule has 0 bridgehead atoms. The maximum atomic E-state index is 13.1. The van der Waals surface area contributed by atoms with E-state index in [1.165, 1.54) is 12.1 Å². The number of rotatable bonds is 5. The molecule has 0 heterocycles. The summed E-state index contributed by atoms with van der Waals surface area (Å²) in [5, 5.41) is 8.46. The number of carbonyl (C=O) groups is 2. The van der Waals surface area contributed by atoms with Crippen LogP contribution in [0.15, 0.2) is 24.3 Å². The van der Waals surface area contributed by atoms with Crippen molar-refractivity contribution < 1.29 is 14.0 Å². The number of urea groups is 1. The normalized spacial score (nSPS) is 24.4. The van der Waals surface area contributed by atoms with Crippen LogP contribution in [-0.4, -0.2) is 30.1 Å². The molecular formula is C18H24FN3O2. The molecule has 3 amide bonds. The molecule has 0 spiro atoms. The zero-order valence-corrected chi connectivity index (χ0v) is 13.8. The van der Waals surface area contributed by atoms with E-state index in [4.69, 9.17) is 0 Å². The van der Waals surface area contributed by atoms with Crippen molar-refractivity contribution in [2.75, 3.05) is 0 Å². The summed E-state index contributed by atoms with van der Waals surface area (Å²) in [6.45, 7) is 1.76. The van der Waals surface area contributed by atoms with E-state index in [1.54, 1.807) is 6.92 Å². The first-order valence-corrected chi connectivity index (χ1v) is 8.66. The zero-order valence-electron chi connectivity index (χ0n) is 13.8. The van der Waals surface area contributed by atoms with E-state index < -0.39 is 12.1 Å². The molecule has 3 atom stereocenters. The van der Waals surface area contributed by atoms with Crippen LogP contribution in [0.5, 0.6) is 0 Å². The van der Waals surface area contributed by atoms with Crippen molar-refractivity contribution in [3.8, 4) is 0 Å². The Kier molecular flexibility index (Phi) is 5.14. The fourth-order valence-corrected chi connectivity index (χ4v) is 3.33. The first kappa shape index (κ1) is 16.9. The van der Waals surface area contributed by atoms with Crippen molar-refractivity contribution in [2.45, 2.75) is 63.1 Å². The quantitative estimate of drug-likeness (QED) is 0.775. The summed E-state index contributed by atoms with van der Waals surface area (Å²) in [6, 6.07) is 6.08. The second kappa shape index (κ2) is 7.30.